The predicted octanol–water partition coefficient (Wildman–Crippen LogP) is 3.22. The van der Waals surface area contributed by atoms with Gasteiger partial charge in [0.05, 0.1) is 6.54 Å². The Kier molecular flexibility index (Phi) is 4.53. The summed E-state index contributed by atoms with van der Waals surface area (Å²) in [6.45, 7) is 1.86. The summed E-state index contributed by atoms with van der Waals surface area (Å²) < 4.78 is 13.9. The number of carbonyl (C=O) groups is 1. The number of aliphatic carboxylic acids is 1. The first-order valence-corrected chi connectivity index (χ1v) is 6.81. The highest BCUT2D eigenvalue weighted by atomic mass is 19.1. The second-order valence-corrected chi connectivity index (χ2v) is 5.20. The topological polar surface area (TPSA) is 40.5 Å². The smallest absolute Gasteiger partial charge is 0.317 e. The van der Waals surface area contributed by atoms with Gasteiger partial charge in [0.15, 0.2) is 0 Å². The van der Waals surface area contributed by atoms with Gasteiger partial charge in [0.1, 0.15) is 5.82 Å². The fourth-order valence-corrected chi connectivity index (χ4v) is 2.97. The zero-order valence-corrected chi connectivity index (χ0v) is 11.2. The molecule has 0 amide bonds. The van der Waals surface area contributed by atoms with E-state index in [4.69, 9.17) is 5.11 Å². The van der Waals surface area contributed by atoms with Crippen molar-refractivity contribution in [1.82, 2.24) is 4.90 Å². The maximum Gasteiger partial charge on any atom is 0.317 e. The zero-order chi connectivity index (χ0) is 13.8. The first-order chi connectivity index (χ1) is 9.09. The molecule has 1 aromatic rings. The molecule has 1 aliphatic rings. The molecule has 3 nitrogen and oxygen atoms in total. The molecule has 104 valence electrons. The number of carboxylic acid groups (broad SMARTS) is 1. The number of hydrogen-bond donors (Lipinski definition) is 1. The molecule has 1 N–H and O–H groups in total. The normalized spacial score (nSPS) is 17.8. The summed E-state index contributed by atoms with van der Waals surface area (Å²) >= 11 is 0. The average molecular weight is 265 g/mol. The van der Waals surface area contributed by atoms with Gasteiger partial charge in [-0.15, -0.1) is 0 Å². The number of halogens is 1. The Bertz CT molecular complexity index is 444. The summed E-state index contributed by atoms with van der Waals surface area (Å²) in [7, 11) is 0. The lowest BCUT2D eigenvalue weighted by atomic mass is 10.0. The van der Waals surface area contributed by atoms with E-state index in [0.29, 0.717) is 5.56 Å². The Balaban J connectivity index is 2.21. The molecule has 1 unspecified atom stereocenters. The van der Waals surface area contributed by atoms with Crippen molar-refractivity contribution in [3.05, 3.63) is 35.6 Å². The van der Waals surface area contributed by atoms with E-state index in [1.807, 2.05) is 11.8 Å². The van der Waals surface area contributed by atoms with Crippen LogP contribution >= 0.6 is 0 Å². The maximum atomic E-state index is 13.9. The van der Waals surface area contributed by atoms with Crippen molar-refractivity contribution < 1.29 is 14.3 Å². The third-order valence-electron chi connectivity index (χ3n) is 3.96. The first-order valence-electron chi connectivity index (χ1n) is 6.81. The lowest BCUT2D eigenvalue weighted by molar-refractivity contribution is -0.139. The molecule has 1 fully saturated rings. The Morgan fingerprint density at radius 1 is 1.42 bits per heavy atom. The maximum absolute atomic E-state index is 13.9. The summed E-state index contributed by atoms with van der Waals surface area (Å²) in [5.41, 5.74) is 0.579. The number of benzene rings is 1. The van der Waals surface area contributed by atoms with Gasteiger partial charge < -0.3 is 5.11 Å². The van der Waals surface area contributed by atoms with Gasteiger partial charge in [0.25, 0.3) is 0 Å². The van der Waals surface area contributed by atoms with E-state index in [9.17, 15) is 9.18 Å². The first kappa shape index (κ1) is 14.0. The SMILES string of the molecule is CC(c1ccccc1F)N(CC(=O)O)C1CCCC1. The van der Waals surface area contributed by atoms with E-state index in [-0.39, 0.29) is 24.4 Å². The zero-order valence-electron chi connectivity index (χ0n) is 11.2. The molecule has 2 rings (SSSR count). The minimum absolute atomic E-state index is 0.0276. The monoisotopic (exact) mass is 265 g/mol. The number of carboxylic acids is 1. The summed E-state index contributed by atoms with van der Waals surface area (Å²) in [5, 5.41) is 9.07. The Hall–Kier alpha value is -1.42. The van der Waals surface area contributed by atoms with Gasteiger partial charge in [-0.1, -0.05) is 31.0 Å². The van der Waals surface area contributed by atoms with Crippen LogP contribution < -0.4 is 0 Å². The van der Waals surface area contributed by atoms with Crippen LogP contribution in [0.3, 0.4) is 0 Å². The van der Waals surface area contributed by atoms with E-state index < -0.39 is 5.97 Å². The van der Waals surface area contributed by atoms with Gasteiger partial charge in [0.2, 0.25) is 0 Å². The van der Waals surface area contributed by atoms with Crippen molar-refractivity contribution >= 4 is 5.97 Å². The van der Waals surface area contributed by atoms with Gasteiger partial charge in [-0.2, -0.15) is 0 Å². The Morgan fingerprint density at radius 2 is 2.05 bits per heavy atom. The molecular formula is C15H20FNO2. The molecule has 0 spiro atoms. The Morgan fingerprint density at radius 3 is 2.63 bits per heavy atom. The lowest BCUT2D eigenvalue weighted by Crippen LogP contribution is -2.39. The third kappa shape index (κ3) is 3.32. The highest BCUT2D eigenvalue weighted by molar-refractivity contribution is 5.69. The van der Waals surface area contributed by atoms with Crippen LogP contribution in [0.15, 0.2) is 24.3 Å². The fourth-order valence-electron chi connectivity index (χ4n) is 2.97. The molecule has 0 radical (unpaired) electrons. The summed E-state index contributed by atoms with van der Waals surface area (Å²) in [6.07, 6.45) is 4.27. The summed E-state index contributed by atoms with van der Waals surface area (Å²) in [6, 6.07) is 6.67. The van der Waals surface area contributed by atoms with Crippen molar-refractivity contribution in [2.24, 2.45) is 0 Å². The van der Waals surface area contributed by atoms with Crippen LogP contribution in [0.1, 0.15) is 44.2 Å². The number of rotatable bonds is 5. The number of nitrogens with zero attached hydrogens (tertiary/aromatic N) is 1. The molecule has 1 aliphatic carbocycles. The molecule has 4 heteroatoms. The fraction of sp³-hybridized carbons (Fsp3) is 0.533. The Labute approximate surface area is 113 Å². The predicted molar refractivity (Wildman–Crippen MR) is 71.4 cm³/mol. The van der Waals surface area contributed by atoms with Crippen molar-refractivity contribution in [1.29, 1.82) is 0 Å². The highest BCUT2D eigenvalue weighted by Gasteiger charge is 2.29. The van der Waals surface area contributed by atoms with Gasteiger partial charge in [-0.25, -0.2) is 4.39 Å². The third-order valence-corrected chi connectivity index (χ3v) is 3.96. The standard InChI is InChI=1S/C15H20FNO2/c1-11(13-8-4-5-9-14(13)16)17(10-15(18)19)12-6-2-3-7-12/h4-5,8-9,11-12H,2-3,6-7,10H2,1H3,(H,18,19). The molecule has 0 aliphatic heterocycles. The molecule has 1 atom stereocenters. The van der Waals surface area contributed by atoms with Crippen LogP contribution in [-0.2, 0) is 4.79 Å². The second kappa shape index (κ2) is 6.15. The quantitative estimate of drug-likeness (QED) is 0.888. The minimum atomic E-state index is -0.852. The van der Waals surface area contributed by atoms with Crippen molar-refractivity contribution in [3.63, 3.8) is 0 Å². The molecule has 1 saturated carbocycles. The second-order valence-electron chi connectivity index (χ2n) is 5.20. The summed E-state index contributed by atoms with van der Waals surface area (Å²) in [5.74, 6) is -1.11. The van der Waals surface area contributed by atoms with Gasteiger partial charge in [-0.3, -0.25) is 9.69 Å². The van der Waals surface area contributed by atoms with Crippen LogP contribution in [-0.4, -0.2) is 28.6 Å². The van der Waals surface area contributed by atoms with E-state index >= 15 is 0 Å². The van der Waals surface area contributed by atoms with Crippen LogP contribution in [0, 0.1) is 5.82 Å². The van der Waals surface area contributed by atoms with E-state index in [2.05, 4.69) is 0 Å². The van der Waals surface area contributed by atoms with Gasteiger partial charge >= 0.3 is 5.97 Å². The van der Waals surface area contributed by atoms with E-state index in [1.54, 1.807) is 18.2 Å². The van der Waals surface area contributed by atoms with Crippen molar-refractivity contribution in [2.75, 3.05) is 6.54 Å². The van der Waals surface area contributed by atoms with Gasteiger partial charge in [0, 0.05) is 17.6 Å². The van der Waals surface area contributed by atoms with Crippen LogP contribution in [0.5, 0.6) is 0 Å². The molecule has 0 bridgehead atoms. The van der Waals surface area contributed by atoms with Crippen molar-refractivity contribution in [3.8, 4) is 0 Å². The molecule has 19 heavy (non-hydrogen) atoms. The van der Waals surface area contributed by atoms with Crippen LogP contribution in [0.4, 0.5) is 4.39 Å². The van der Waals surface area contributed by atoms with E-state index in [0.717, 1.165) is 25.7 Å². The molecule has 0 aromatic heterocycles. The largest absolute Gasteiger partial charge is 0.480 e. The lowest BCUT2D eigenvalue weighted by Gasteiger charge is -2.33. The molecule has 1 aromatic carbocycles. The minimum Gasteiger partial charge on any atom is -0.480 e. The molecule has 0 heterocycles. The van der Waals surface area contributed by atoms with Crippen molar-refractivity contribution in [2.45, 2.75) is 44.7 Å². The average Bonchev–Trinajstić information content (AvgIpc) is 2.89. The summed E-state index contributed by atoms with van der Waals surface area (Å²) in [4.78, 5) is 13.0. The van der Waals surface area contributed by atoms with Crippen LogP contribution in [0.2, 0.25) is 0 Å². The van der Waals surface area contributed by atoms with Gasteiger partial charge in [-0.05, 0) is 25.8 Å². The van der Waals surface area contributed by atoms with Crippen LogP contribution in [0.25, 0.3) is 0 Å². The number of hydrogen-bond acceptors (Lipinski definition) is 2. The van der Waals surface area contributed by atoms with E-state index in [1.165, 1.54) is 6.07 Å². The molecule has 0 saturated heterocycles. The highest BCUT2D eigenvalue weighted by Crippen LogP contribution is 2.31. The molecular weight excluding hydrogens is 245 g/mol.